The molecule has 4 fully saturated rings. The summed E-state index contributed by atoms with van der Waals surface area (Å²) in [7, 11) is 0. The number of ether oxygens (including phenoxy) is 2. The van der Waals surface area contributed by atoms with Gasteiger partial charge in [0.15, 0.2) is 0 Å². The molecule has 0 spiro atoms. The summed E-state index contributed by atoms with van der Waals surface area (Å²) in [6.07, 6.45) is 1.27. The van der Waals surface area contributed by atoms with E-state index in [2.05, 4.69) is 0 Å². The van der Waals surface area contributed by atoms with Gasteiger partial charge in [-0.1, -0.05) is 0 Å². The van der Waals surface area contributed by atoms with Gasteiger partial charge in [-0.2, -0.15) is 0 Å². The number of hydrogen-bond donors (Lipinski definition) is 0. The molecule has 0 saturated heterocycles. The van der Waals surface area contributed by atoms with E-state index in [1.165, 1.54) is 0 Å². The Kier molecular flexibility index (Phi) is 1.60. The lowest BCUT2D eigenvalue weighted by Crippen LogP contribution is -2.22. The predicted octanol–water partition coefficient (Wildman–Crippen LogP) is 0.213. The molecule has 0 unspecified atom stereocenters. The fraction of sp³-hybridized carbons (Fsp3) is 0.800. The van der Waals surface area contributed by atoms with Crippen molar-refractivity contribution in [2.24, 2.45) is 29.6 Å². The molecule has 4 aliphatic carbocycles. The van der Waals surface area contributed by atoms with Gasteiger partial charge in [-0.3, -0.25) is 9.59 Å². The minimum atomic E-state index is 0.114. The maximum absolute atomic E-state index is 10.3. The number of carbonyl (C=O) groups is 2. The van der Waals surface area contributed by atoms with Crippen molar-refractivity contribution in [3.63, 3.8) is 0 Å². The first-order valence-corrected chi connectivity index (χ1v) is 5.03. The van der Waals surface area contributed by atoms with Crippen molar-refractivity contribution < 1.29 is 19.1 Å². The summed E-state index contributed by atoms with van der Waals surface area (Å²) in [4.78, 5) is 20.4. The van der Waals surface area contributed by atoms with Gasteiger partial charge in [-0.15, -0.1) is 0 Å². The van der Waals surface area contributed by atoms with Gasteiger partial charge in [-0.05, 0) is 18.3 Å². The molecule has 4 bridgehead atoms. The normalized spacial score (nSPS) is 51.4. The summed E-state index contributed by atoms with van der Waals surface area (Å²) in [5.41, 5.74) is 0. The Balaban J connectivity index is 1.69. The smallest absolute Gasteiger partial charge is 0.293 e. The maximum atomic E-state index is 10.3. The van der Waals surface area contributed by atoms with Crippen molar-refractivity contribution in [1.29, 1.82) is 0 Å². The second-order valence-corrected chi connectivity index (χ2v) is 4.51. The fourth-order valence-electron chi connectivity index (χ4n) is 3.89. The Morgan fingerprint density at radius 3 is 2.64 bits per heavy atom. The highest BCUT2D eigenvalue weighted by molar-refractivity contribution is 5.40. The van der Waals surface area contributed by atoms with Crippen LogP contribution in [0, 0.1) is 29.6 Å². The molecular formula is C10H12O4. The van der Waals surface area contributed by atoms with E-state index in [4.69, 9.17) is 9.47 Å². The molecule has 76 valence electrons. The first-order chi connectivity index (χ1) is 6.88. The van der Waals surface area contributed by atoms with Crippen LogP contribution in [0.25, 0.3) is 0 Å². The van der Waals surface area contributed by atoms with Gasteiger partial charge in [0.25, 0.3) is 12.9 Å². The van der Waals surface area contributed by atoms with Crippen molar-refractivity contribution in [2.75, 3.05) is 6.61 Å². The van der Waals surface area contributed by atoms with Crippen molar-refractivity contribution >= 4 is 12.9 Å². The number of hydrogen-bond acceptors (Lipinski definition) is 4. The molecular weight excluding hydrogens is 184 g/mol. The lowest BCUT2D eigenvalue weighted by molar-refractivity contribution is -0.137. The Hall–Kier alpha value is -1.06. The molecule has 0 heterocycles. The molecule has 4 aliphatic rings. The van der Waals surface area contributed by atoms with Gasteiger partial charge in [0, 0.05) is 17.8 Å². The van der Waals surface area contributed by atoms with Crippen molar-refractivity contribution in [3.8, 4) is 0 Å². The summed E-state index contributed by atoms with van der Waals surface area (Å²) >= 11 is 0. The minimum absolute atomic E-state index is 0.114. The lowest BCUT2D eigenvalue weighted by Gasteiger charge is -2.17. The molecule has 14 heavy (non-hydrogen) atoms. The van der Waals surface area contributed by atoms with Crippen molar-refractivity contribution in [1.82, 2.24) is 0 Å². The monoisotopic (exact) mass is 196 g/mol. The fourth-order valence-corrected chi connectivity index (χ4v) is 3.89. The van der Waals surface area contributed by atoms with E-state index >= 15 is 0 Å². The molecule has 4 rings (SSSR count). The molecule has 0 aromatic carbocycles. The molecule has 0 amide bonds. The zero-order valence-corrected chi connectivity index (χ0v) is 7.67. The second-order valence-electron chi connectivity index (χ2n) is 4.51. The molecule has 0 N–H and O–H groups in total. The zero-order chi connectivity index (χ0) is 9.71. The van der Waals surface area contributed by atoms with Crippen LogP contribution in [0.3, 0.4) is 0 Å². The van der Waals surface area contributed by atoms with Gasteiger partial charge in [0.05, 0.1) is 6.61 Å². The lowest BCUT2D eigenvalue weighted by atomic mass is 9.98. The van der Waals surface area contributed by atoms with Gasteiger partial charge >= 0.3 is 0 Å². The van der Waals surface area contributed by atoms with E-state index in [0.717, 1.165) is 12.3 Å². The highest BCUT2D eigenvalue weighted by atomic mass is 16.5. The zero-order valence-electron chi connectivity index (χ0n) is 7.67. The Bertz CT molecular complexity index is 277. The maximum Gasteiger partial charge on any atom is 0.293 e. The minimum Gasteiger partial charge on any atom is -0.468 e. The van der Waals surface area contributed by atoms with Crippen LogP contribution < -0.4 is 0 Å². The SMILES string of the molecule is O=COC[C@H]1[C@H]2C[C@H]3[C@H]1[C@H]3[C@H]2OC=O. The average molecular weight is 196 g/mol. The molecule has 0 aromatic heterocycles. The third kappa shape index (κ3) is 0.837. The Morgan fingerprint density at radius 1 is 1.14 bits per heavy atom. The second kappa shape index (κ2) is 2.72. The molecule has 4 heteroatoms. The summed E-state index contributed by atoms with van der Waals surface area (Å²) in [5.74, 6) is 2.86. The van der Waals surface area contributed by atoms with Crippen LogP contribution in [0.1, 0.15) is 6.42 Å². The first kappa shape index (κ1) is 8.26. The van der Waals surface area contributed by atoms with Crippen LogP contribution in [0.15, 0.2) is 0 Å². The average Bonchev–Trinajstić information content (AvgIpc) is 2.54. The molecule has 0 aliphatic heterocycles. The standard InChI is InChI=1S/C10H12O4/c11-3-13-2-7-5-1-6-8(7)9(6)10(5)14-4-12/h3-10H,1-2H2/t5-,6+,7+,8-,9+,10+/m1/s1. The van der Waals surface area contributed by atoms with E-state index in [-0.39, 0.29) is 6.10 Å². The first-order valence-electron chi connectivity index (χ1n) is 5.03. The third-order valence-electron chi connectivity index (χ3n) is 4.25. The van der Waals surface area contributed by atoms with E-state index in [1.54, 1.807) is 0 Å². The van der Waals surface area contributed by atoms with Gasteiger partial charge in [-0.25, -0.2) is 0 Å². The number of carbonyl (C=O) groups excluding carboxylic acids is 2. The molecule has 4 nitrogen and oxygen atoms in total. The Morgan fingerprint density at radius 2 is 2.00 bits per heavy atom. The quantitative estimate of drug-likeness (QED) is 0.590. The van der Waals surface area contributed by atoms with Gasteiger partial charge < -0.3 is 9.47 Å². The highest BCUT2D eigenvalue weighted by Gasteiger charge is 2.74. The summed E-state index contributed by atoms with van der Waals surface area (Å²) in [6, 6.07) is 0. The molecule has 6 atom stereocenters. The topological polar surface area (TPSA) is 52.6 Å². The van der Waals surface area contributed by atoms with Gasteiger partial charge in [0.1, 0.15) is 6.10 Å². The van der Waals surface area contributed by atoms with Crippen molar-refractivity contribution in [2.45, 2.75) is 12.5 Å². The third-order valence-corrected chi connectivity index (χ3v) is 4.25. The van der Waals surface area contributed by atoms with Crippen LogP contribution in [-0.2, 0) is 19.1 Å². The predicted molar refractivity (Wildman–Crippen MR) is 45.0 cm³/mol. The Labute approximate surface area is 81.6 Å². The van der Waals surface area contributed by atoms with E-state index in [9.17, 15) is 9.59 Å². The van der Waals surface area contributed by atoms with Gasteiger partial charge in [0.2, 0.25) is 0 Å². The van der Waals surface area contributed by atoms with E-state index in [1.807, 2.05) is 0 Å². The summed E-state index contributed by atoms with van der Waals surface area (Å²) in [5, 5.41) is 0. The van der Waals surface area contributed by atoms with Crippen LogP contribution in [0.2, 0.25) is 0 Å². The van der Waals surface area contributed by atoms with Crippen LogP contribution in [-0.4, -0.2) is 25.7 Å². The van der Waals surface area contributed by atoms with E-state index in [0.29, 0.717) is 43.2 Å². The van der Waals surface area contributed by atoms with Crippen molar-refractivity contribution in [3.05, 3.63) is 0 Å². The van der Waals surface area contributed by atoms with Crippen LogP contribution in [0.4, 0.5) is 0 Å². The van der Waals surface area contributed by atoms with Crippen LogP contribution in [0.5, 0.6) is 0 Å². The summed E-state index contributed by atoms with van der Waals surface area (Å²) in [6.45, 7) is 1.56. The molecule has 0 radical (unpaired) electrons. The highest BCUT2D eigenvalue weighted by Crippen LogP contribution is 2.73. The van der Waals surface area contributed by atoms with E-state index < -0.39 is 0 Å². The molecule has 0 aromatic rings. The largest absolute Gasteiger partial charge is 0.468 e. The van der Waals surface area contributed by atoms with Crippen LogP contribution >= 0.6 is 0 Å². The summed E-state index contributed by atoms with van der Waals surface area (Å²) < 4.78 is 9.91. The number of rotatable bonds is 5. The molecule has 4 saturated carbocycles.